The highest BCUT2D eigenvalue weighted by Gasteiger charge is 2.11. The third kappa shape index (κ3) is 3.81. The molecule has 0 saturated carbocycles. The normalized spacial score (nSPS) is 10.3. The molecule has 0 amide bonds. The lowest BCUT2D eigenvalue weighted by atomic mass is 10.1. The van der Waals surface area contributed by atoms with Crippen LogP contribution in [0.15, 0.2) is 29.6 Å². The van der Waals surface area contributed by atoms with E-state index in [1.54, 1.807) is 12.3 Å². The van der Waals surface area contributed by atoms with E-state index in [9.17, 15) is 4.79 Å². The van der Waals surface area contributed by atoms with Gasteiger partial charge in [-0.1, -0.05) is 31.2 Å². The average molecular weight is 290 g/mol. The van der Waals surface area contributed by atoms with Gasteiger partial charge in [-0.15, -0.1) is 11.3 Å². The number of benzene rings is 1. The summed E-state index contributed by atoms with van der Waals surface area (Å²) in [6.45, 7) is 4.98. The first kappa shape index (κ1) is 14.5. The summed E-state index contributed by atoms with van der Waals surface area (Å²) in [6, 6.07) is 8.46. The van der Waals surface area contributed by atoms with Crippen LogP contribution in [0, 0.1) is 0 Å². The second kappa shape index (κ2) is 7.05. The quantitative estimate of drug-likeness (QED) is 0.827. The summed E-state index contributed by atoms with van der Waals surface area (Å²) in [5, 5.41) is 5.65. The number of thiazole rings is 1. The minimum atomic E-state index is -0.371. The number of ether oxygens (including phenoxy) is 1. The van der Waals surface area contributed by atoms with Crippen LogP contribution in [0.25, 0.3) is 0 Å². The molecule has 5 heteroatoms. The molecule has 0 saturated heterocycles. The first-order valence-electron chi connectivity index (χ1n) is 6.67. The maximum absolute atomic E-state index is 11.5. The minimum Gasteiger partial charge on any atom is -0.461 e. The van der Waals surface area contributed by atoms with E-state index in [1.165, 1.54) is 22.5 Å². The van der Waals surface area contributed by atoms with Gasteiger partial charge in [-0.2, -0.15) is 0 Å². The minimum absolute atomic E-state index is 0.362. The summed E-state index contributed by atoms with van der Waals surface area (Å²) in [6.07, 6.45) is 1.04. The summed E-state index contributed by atoms with van der Waals surface area (Å²) in [5.41, 5.74) is 2.88. The van der Waals surface area contributed by atoms with Crippen LogP contribution in [0.2, 0.25) is 0 Å². The van der Waals surface area contributed by atoms with Gasteiger partial charge in [-0.25, -0.2) is 9.78 Å². The van der Waals surface area contributed by atoms with E-state index in [-0.39, 0.29) is 5.97 Å². The fourth-order valence-electron chi connectivity index (χ4n) is 1.72. The second-order valence-corrected chi connectivity index (χ2v) is 5.14. The third-order valence-corrected chi connectivity index (χ3v) is 3.66. The lowest BCUT2D eigenvalue weighted by Crippen LogP contribution is -2.05. The number of hydrogen-bond donors (Lipinski definition) is 1. The molecule has 2 aromatic rings. The number of nitrogens with one attached hydrogen (secondary N) is 1. The summed E-state index contributed by atoms with van der Waals surface area (Å²) >= 11 is 1.41. The molecule has 1 aromatic heterocycles. The molecular formula is C15H18N2O2S. The maximum Gasteiger partial charge on any atom is 0.357 e. The molecule has 1 aromatic carbocycles. The van der Waals surface area contributed by atoms with Crippen molar-refractivity contribution in [3.8, 4) is 0 Å². The molecule has 0 spiro atoms. The van der Waals surface area contributed by atoms with Crippen LogP contribution in [0.5, 0.6) is 0 Å². The van der Waals surface area contributed by atoms with Crippen molar-refractivity contribution in [3.63, 3.8) is 0 Å². The number of rotatable bonds is 6. The highest BCUT2D eigenvalue weighted by molar-refractivity contribution is 7.13. The number of nitrogens with zero attached hydrogens (tertiary/aromatic N) is 1. The molecule has 0 bridgehead atoms. The van der Waals surface area contributed by atoms with Gasteiger partial charge in [0.05, 0.1) is 6.61 Å². The van der Waals surface area contributed by atoms with Gasteiger partial charge in [0.15, 0.2) is 10.8 Å². The Kier molecular flexibility index (Phi) is 5.12. The van der Waals surface area contributed by atoms with Crippen molar-refractivity contribution in [2.24, 2.45) is 0 Å². The van der Waals surface area contributed by atoms with Crippen molar-refractivity contribution < 1.29 is 9.53 Å². The molecule has 20 heavy (non-hydrogen) atoms. The van der Waals surface area contributed by atoms with Gasteiger partial charge in [0.2, 0.25) is 0 Å². The van der Waals surface area contributed by atoms with Crippen molar-refractivity contribution in [3.05, 3.63) is 46.5 Å². The van der Waals surface area contributed by atoms with Crippen molar-refractivity contribution in [1.82, 2.24) is 4.98 Å². The molecule has 0 atom stereocenters. The lowest BCUT2D eigenvalue weighted by Gasteiger charge is -2.04. The first-order chi connectivity index (χ1) is 9.72. The highest BCUT2D eigenvalue weighted by atomic mass is 32.1. The Bertz CT molecular complexity index is 564. The number of carbonyl (C=O) groups excluding carboxylic acids is 1. The van der Waals surface area contributed by atoms with Crippen molar-refractivity contribution >= 4 is 22.4 Å². The van der Waals surface area contributed by atoms with E-state index < -0.39 is 0 Å². The van der Waals surface area contributed by atoms with Gasteiger partial charge in [-0.3, -0.25) is 0 Å². The molecular weight excluding hydrogens is 272 g/mol. The summed E-state index contributed by atoms with van der Waals surface area (Å²) in [7, 11) is 0. The van der Waals surface area contributed by atoms with Gasteiger partial charge in [-0.05, 0) is 24.5 Å². The number of aryl methyl sites for hydroxylation is 1. The van der Waals surface area contributed by atoms with E-state index in [4.69, 9.17) is 4.74 Å². The zero-order valence-corrected chi connectivity index (χ0v) is 12.5. The van der Waals surface area contributed by atoms with E-state index in [0.717, 1.165) is 11.6 Å². The predicted octanol–water partition coefficient (Wildman–Crippen LogP) is 3.49. The van der Waals surface area contributed by atoms with E-state index in [0.29, 0.717) is 18.8 Å². The van der Waals surface area contributed by atoms with Crippen LogP contribution in [0.3, 0.4) is 0 Å². The van der Waals surface area contributed by atoms with Crippen LogP contribution in [-0.4, -0.2) is 17.6 Å². The number of esters is 1. The zero-order valence-electron chi connectivity index (χ0n) is 11.7. The SMILES string of the molecule is CCOC(=O)c1csc(NCc2ccc(CC)cc2)n1. The fourth-order valence-corrected chi connectivity index (χ4v) is 2.40. The summed E-state index contributed by atoms with van der Waals surface area (Å²) in [4.78, 5) is 15.7. The Morgan fingerprint density at radius 3 is 2.60 bits per heavy atom. The van der Waals surface area contributed by atoms with Crippen LogP contribution in [-0.2, 0) is 17.7 Å². The van der Waals surface area contributed by atoms with E-state index >= 15 is 0 Å². The van der Waals surface area contributed by atoms with Crippen molar-refractivity contribution in [1.29, 1.82) is 0 Å². The first-order valence-corrected chi connectivity index (χ1v) is 7.55. The van der Waals surface area contributed by atoms with E-state index in [1.807, 2.05) is 0 Å². The predicted molar refractivity (Wildman–Crippen MR) is 81.2 cm³/mol. The molecule has 1 N–H and O–H groups in total. The number of anilines is 1. The highest BCUT2D eigenvalue weighted by Crippen LogP contribution is 2.17. The molecule has 2 rings (SSSR count). The molecule has 0 unspecified atom stereocenters. The molecule has 0 aliphatic rings. The van der Waals surface area contributed by atoms with Crippen molar-refractivity contribution in [2.75, 3.05) is 11.9 Å². The molecule has 0 radical (unpaired) electrons. The summed E-state index contributed by atoms with van der Waals surface area (Å²) < 4.78 is 4.91. The summed E-state index contributed by atoms with van der Waals surface area (Å²) in [5.74, 6) is -0.371. The molecule has 0 aliphatic heterocycles. The standard InChI is InChI=1S/C15H18N2O2S/c1-3-11-5-7-12(8-6-11)9-16-15-17-13(10-20-15)14(18)19-4-2/h5-8,10H,3-4,9H2,1-2H3,(H,16,17). The Balaban J connectivity index is 1.91. The Morgan fingerprint density at radius 2 is 1.95 bits per heavy atom. The molecule has 0 fully saturated rings. The van der Waals surface area contributed by atoms with Crippen molar-refractivity contribution in [2.45, 2.75) is 26.8 Å². The number of hydrogen-bond acceptors (Lipinski definition) is 5. The molecule has 106 valence electrons. The van der Waals surface area contributed by atoms with Gasteiger partial charge < -0.3 is 10.1 Å². The zero-order chi connectivity index (χ0) is 14.4. The monoisotopic (exact) mass is 290 g/mol. The molecule has 4 nitrogen and oxygen atoms in total. The number of aromatic nitrogens is 1. The third-order valence-electron chi connectivity index (χ3n) is 2.86. The topological polar surface area (TPSA) is 51.2 Å². The van der Waals surface area contributed by atoms with Crippen LogP contribution in [0.1, 0.15) is 35.5 Å². The maximum atomic E-state index is 11.5. The molecule has 1 heterocycles. The van der Waals surface area contributed by atoms with Crippen LogP contribution < -0.4 is 5.32 Å². The smallest absolute Gasteiger partial charge is 0.357 e. The van der Waals surface area contributed by atoms with Crippen LogP contribution >= 0.6 is 11.3 Å². The Morgan fingerprint density at radius 1 is 1.25 bits per heavy atom. The van der Waals surface area contributed by atoms with Gasteiger partial charge in [0.25, 0.3) is 0 Å². The number of carbonyl (C=O) groups is 1. The molecule has 0 aliphatic carbocycles. The lowest BCUT2D eigenvalue weighted by molar-refractivity contribution is 0.0520. The average Bonchev–Trinajstić information content (AvgIpc) is 2.95. The van der Waals surface area contributed by atoms with Gasteiger partial charge in [0, 0.05) is 11.9 Å². The Labute approximate surface area is 122 Å². The van der Waals surface area contributed by atoms with Gasteiger partial charge >= 0.3 is 5.97 Å². The second-order valence-electron chi connectivity index (χ2n) is 4.28. The Hall–Kier alpha value is -1.88. The fraction of sp³-hybridized carbons (Fsp3) is 0.333. The van der Waals surface area contributed by atoms with E-state index in [2.05, 4.69) is 41.5 Å². The van der Waals surface area contributed by atoms with Gasteiger partial charge in [0.1, 0.15) is 0 Å². The van der Waals surface area contributed by atoms with Crippen LogP contribution in [0.4, 0.5) is 5.13 Å². The largest absolute Gasteiger partial charge is 0.461 e.